The van der Waals surface area contributed by atoms with Crippen molar-refractivity contribution in [1.29, 1.82) is 0 Å². The number of rotatable bonds is 6. The van der Waals surface area contributed by atoms with Crippen LogP contribution in [0.25, 0.3) is 128 Å². The summed E-state index contributed by atoms with van der Waals surface area (Å²) < 4.78 is 9.17. The first kappa shape index (κ1) is 36.0. The van der Waals surface area contributed by atoms with Crippen molar-refractivity contribution in [3.05, 3.63) is 212 Å². The Morgan fingerprint density at radius 1 is 0.344 bits per heavy atom. The molecule has 0 saturated carbocycles. The van der Waals surface area contributed by atoms with Gasteiger partial charge in [-0.25, -0.2) is 19.9 Å². The van der Waals surface area contributed by atoms with Crippen molar-refractivity contribution in [3.63, 3.8) is 0 Å². The van der Waals surface area contributed by atoms with Gasteiger partial charge >= 0.3 is 0 Å². The Bertz CT molecular complexity index is 3930. The molecular formula is C58H35N5O. The maximum Gasteiger partial charge on any atom is 0.164 e. The van der Waals surface area contributed by atoms with E-state index in [1.165, 1.54) is 5.39 Å². The van der Waals surface area contributed by atoms with Gasteiger partial charge in [0.1, 0.15) is 11.2 Å². The molecule has 298 valence electrons. The lowest BCUT2D eigenvalue weighted by Crippen LogP contribution is -2.00. The summed E-state index contributed by atoms with van der Waals surface area (Å²) in [5, 5.41) is 7.65. The van der Waals surface area contributed by atoms with E-state index in [0.29, 0.717) is 17.5 Å². The summed E-state index contributed by atoms with van der Waals surface area (Å²) in [7, 11) is 0. The second-order valence-corrected chi connectivity index (χ2v) is 16.2. The molecule has 6 heteroatoms. The highest BCUT2D eigenvalue weighted by Gasteiger charge is 2.21. The van der Waals surface area contributed by atoms with Crippen LogP contribution in [-0.2, 0) is 0 Å². The van der Waals surface area contributed by atoms with Gasteiger partial charge < -0.3 is 8.98 Å². The molecule has 0 bridgehead atoms. The lowest BCUT2D eigenvalue weighted by atomic mass is 9.95. The van der Waals surface area contributed by atoms with E-state index in [2.05, 4.69) is 174 Å². The van der Waals surface area contributed by atoms with Crippen molar-refractivity contribution in [2.75, 3.05) is 0 Å². The molecule has 13 rings (SSSR count). The first-order valence-electron chi connectivity index (χ1n) is 21.5. The number of fused-ring (bicyclic) bond motifs is 10. The average Bonchev–Trinajstić information content (AvgIpc) is 3.93. The molecule has 0 spiro atoms. The van der Waals surface area contributed by atoms with Gasteiger partial charge in [0.05, 0.1) is 22.2 Å². The standard InChI is InChI=1S/C58H35N5O/c1-4-15-37(16-5-1)54-45-32-33-46-52-42(23-14-26-51(52)64-55(46)53(45)44-22-10-12-24-48(44)59-54)36-27-29-39(30-28-36)57-60-56(38-17-6-2-7-18-38)61-58(62-57)40-31-34-50-47(35-40)43-21-11-13-25-49(43)63(50)41-19-8-3-9-20-41/h1-35H. The number of benzene rings is 9. The van der Waals surface area contributed by atoms with E-state index in [0.717, 1.165) is 105 Å². The van der Waals surface area contributed by atoms with Gasteiger partial charge in [-0.05, 0) is 65.7 Å². The molecule has 64 heavy (non-hydrogen) atoms. The highest BCUT2D eigenvalue weighted by molar-refractivity contribution is 6.26. The van der Waals surface area contributed by atoms with Crippen LogP contribution in [0, 0.1) is 0 Å². The minimum absolute atomic E-state index is 0.607. The summed E-state index contributed by atoms with van der Waals surface area (Å²) in [4.78, 5) is 20.5. The third-order valence-corrected chi connectivity index (χ3v) is 12.4. The Balaban J connectivity index is 0.941. The number of furan rings is 1. The van der Waals surface area contributed by atoms with Crippen LogP contribution < -0.4 is 0 Å². The predicted octanol–water partition coefficient (Wildman–Crippen LogP) is 14.9. The van der Waals surface area contributed by atoms with Crippen LogP contribution in [0.4, 0.5) is 0 Å². The van der Waals surface area contributed by atoms with Gasteiger partial charge in [0.2, 0.25) is 0 Å². The SMILES string of the molecule is c1ccc(-c2nc(-c3ccc(-c4cccc5oc6c(ccc7c(-c8ccccc8)nc8ccccc8c76)c45)cc3)nc(-c3ccc4c(c3)c3ccccc3n4-c3ccccc3)n2)cc1. The van der Waals surface area contributed by atoms with E-state index < -0.39 is 0 Å². The number of hydrogen-bond acceptors (Lipinski definition) is 5. The Labute approximate surface area is 367 Å². The fourth-order valence-electron chi connectivity index (χ4n) is 9.49. The quantitative estimate of drug-likeness (QED) is 0.156. The van der Waals surface area contributed by atoms with Crippen molar-refractivity contribution in [2.24, 2.45) is 0 Å². The van der Waals surface area contributed by atoms with Gasteiger partial charge in [-0.1, -0.05) is 158 Å². The first-order valence-corrected chi connectivity index (χ1v) is 21.5. The van der Waals surface area contributed by atoms with Crippen molar-refractivity contribution in [1.82, 2.24) is 24.5 Å². The van der Waals surface area contributed by atoms with E-state index in [9.17, 15) is 0 Å². The zero-order valence-electron chi connectivity index (χ0n) is 34.4. The molecule has 0 atom stereocenters. The Morgan fingerprint density at radius 2 is 0.922 bits per heavy atom. The van der Waals surface area contributed by atoms with E-state index in [-0.39, 0.29) is 0 Å². The van der Waals surface area contributed by atoms with Crippen LogP contribution in [0.3, 0.4) is 0 Å². The minimum atomic E-state index is 0.607. The molecule has 0 radical (unpaired) electrons. The summed E-state index contributed by atoms with van der Waals surface area (Å²) >= 11 is 0. The maximum atomic E-state index is 6.85. The number of hydrogen-bond donors (Lipinski definition) is 0. The molecule has 13 aromatic rings. The average molecular weight is 818 g/mol. The Morgan fingerprint density at radius 3 is 1.69 bits per heavy atom. The van der Waals surface area contributed by atoms with Crippen LogP contribution in [-0.4, -0.2) is 24.5 Å². The zero-order valence-corrected chi connectivity index (χ0v) is 34.4. The largest absolute Gasteiger partial charge is 0.455 e. The van der Waals surface area contributed by atoms with Gasteiger partial charge in [-0.2, -0.15) is 0 Å². The molecule has 4 heterocycles. The van der Waals surface area contributed by atoms with Crippen molar-refractivity contribution in [3.8, 4) is 62.2 Å². The molecular weight excluding hydrogens is 783 g/mol. The highest BCUT2D eigenvalue weighted by atomic mass is 16.3. The van der Waals surface area contributed by atoms with Gasteiger partial charge in [0, 0.05) is 65.6 Å². The molecule has 9 aromatic carbocycles. The molecule has 0 unspecified atom stereocenters. The minimum Gasteiger partial charge on any atom is -0.455 e. The lowest BCUT2D eigenvalue weighted by molar-refractivity contribution is 0.673. The number of aromatic nitrogens is 5. The summed E-state index contributed by atoms with van der Waals surface area (Å²) in [6.07, 6.45) is 0. The molecule has 0 saturated heterocycles. The van der Waals surface area contributed by atoms with E-state index >= 15 is 0 Å². The third-order valence-electron chi connectivity index (χ3n) is 12.4. The Hall–Kier alpha value is -8.74. The zero-order chi connectivity index (χ0) is 42.1. The molecule has 0 amide bonds. The smallest absolute Gasteiger partial charge is 0.164 e. The molecule has 0 aliphatic heterocycles. The summed E-state index contributed by atoms with van der Waals surface area (Å²) in [6, 6.07) is 73.7. The van der Waals surface area contributed by atoms with E-state index in [1.54, 1.807) is 0 Å². The first-order chi connectivity index (χ1) is 31.7. The number of para-hydroxylation sites is 3. The molecule has 6 nitrogen and oxygen atoms in total. The van der Waals surface area contributed by atoms with Crippen LogP contribution in [0.15, 0.2) is 217 Å². The normalized spacial score (nSPS) is 11.8. The van der Waals surface area contributed by atoms with Crippen LogP contribution >= 0.6 is 0 Å². The summed E-state index contributed by atoms with van der Waals surface area (Å²) in [6.45, 7) is 0. The van der Waals surface area contributed by atoms with Gasteiger partial charge in [-0.3, -0.25) is 0 Å². The topological polar surface area (TPSA) is 69.6 Å². The third kappa shape index (κ3) is 5.73. The maximum absolute atomic E-state index is 6.85. The van der Waals surface area contributed by atoms with Gasteiger partial charge in [0.15, 0.2) is 17.5 Å². The van der Waals surface area contributed by atoms with E-state index in [4.69, 9.17) is 24.4 Å². The lowest BCUT2D eigenvalue weighted by Gasteiger charge is -2.11. The van der Waals surface area contributed by atoms with Gasteiger partial charge in [0.25, 0.3) is 0 Å². The van der Waals surface area contributed by atoms with Gasteiger partial charge in [-0.15, -0.1) is 0 Å². The van der Waals surface area contributed by atoms with Crippen molar-refractivity contribution >= 4 is 65.4 Å². The predicted molar refractivity (Wildman–Crippen MR) is 261 cm³/mol. The van der Waals surface area contributed by atoms with Crippen molar-refractivity contribution in [2.45, 2.75) is 0 Å². The fraction of sp³-hybridized carbons (Fsp3) is 0. The molecule has 0 N–H and O–H groups in total. The molecule has 0 aliphatic carbocycles. The summed E-state index contributed by atoms with van der Waals surface area (Å²) in [5.41, 5.74) is 13.0. The molecule has 0 aliphatic rings. The fourth-order valence-corrected chi connectivity index (χ4v) is 9.49. The van der Waals surface area contributed by atoms with Crippen LogP contribution in [0.5, 0.6) is 0 Å². The van der Waals surface area contributed by atoms with Crippen LogP contribution in [0.2, 0.25) is 0 Å². The van der Waals surface area contributed by atoms with E-state index in [1.807, 2.05) is 42.5 Å². The van der Waals surface area contributed by atoms with Crippen LogP contribution in [0.1, 0.15) is 0 Å². The Kier molecular flexibility index (Phi) is 8.11. The summed E-state index contributed by atoms with van der Waals surface area (Å²) in [5.74, 6) is 1.85. The monoisotopic (exact) mass is 817 g/mol. The number of nitrogens with zero attached hydrogens (tertiary/aromatic N) is 5. The number of pyridine rings is 1. The second-order valence-electron chi connectivity index (χ2n) is 16.2. The highest BCUT2D eigenvalue weighted by Crippen LogP contribution is 2.44. The van der Waals surface area contributed by atoms with Crippen molar-refractivity contribution < 1.29 is 4.42 Å². The molecule has 4 aromatic heterocycles. The second kappa shape index (κ2) is 14.4. The molecule has 0 fully saturated rings.